The summed E-state index contributed by atoms with van der Waals surface area (Å²) < 4.78 is 0. The number of hydrogen-bond donors (Lipinski definition) is 2. The largest absolute Gasteiger partial charge is 0.351 e. The average Bonchev–Trinajstić information content (AvgIpc) is 2.66. The van der Waals surface area contributed by atoms with Crippen molar-refractivity contribution >= 4 is 11.8 Å². The van der Waals surface area contributed by atoms with Gasteiger partial charge in [0, 0.05) is 44.4 Å². The highest BCUT2D eigenvalue weighted by atomic mass is 16.2. The van der Waals surface area contributed by atoms with E-state index in [1.807, 2.05) is 14.1 Å². The van der Waals surface area contributed by atoms with Crippen molar-refractivity contribution in [1.29, 1.82) is 0 Å². The van der Waals surface area contributed by atoms with E-state index in [1.165, 1.54) is 19.3 Å². The summed E-state index contributed by atoms with van der Waals surface area (Å²) in [6, 6.07) is 6.94. The van der Waals surface area contributed by atoms with Crippen LogP contribution in [0.4, 0.5) is 0 Å². The number of likely N-dealkylation sites (N-methyl/N-ethyl adjacent to an activating group) is 2. The van der Waals surface area contributed by atoms with E-state index in [2.05, 4.69) is 15.5 Å². The standard InChI is InChI=1S/C19H30N4O2/c1-20-9-10-21-18(24)16-7-6-8-17(15-16)19(25)22(2)13-14-23-11-4-3-5-12-23/h6-8,15,20H,3-5,9-14H2,1-2H3,(H,21,24). The van der Waals surface area contributed by atoms with Gasteiger partial charge in [0.15, 0.2) is 0 Å². The zero-order chi connectivity index (χ0) is 18.1. The van der Waals surface area contributed by atoms with Crippen LogP contribution in [0, 0.1) is 0 Å². The Hall–Kier alpha value is -1.92. The summed E-state index contributed by atoms with van der Waals surface area (Å²) in [6.07, 6.45) is 3.82. The number of nitrogens with one attached hydrogen (secondary N) is 2. The van der Waals surface area contributed by atoms with E-state index < -0.39 is 0 Å². The second kappa shape index (κ2) is 10.2. The summed E-state index contributed by atoms with van der Waals surface area (Å²) in [6.45, 7) is 5.14. The van der Waals surface area contributed by atoms with Crippen LogP contribution in [0.15, 0.2) is 24.3 Å². The molecule has 0 aliphatic carbocycles. The monoisotopic (exact) mass is 346 g/mol. The van der Waals surface area contributed by atoms with Crippen LogP contribution in [0.25, 0.3) is 0 Å². The van der Waals surface area contributed by atoms with Crippen LogP contribution in [0.1, 0.15) is 40.0 Å². The number of carbonyl (C=O) groups excluding carboxylic acids is 2. The van der Waals surface area contributed by atoms with E-state index in [4.69, 9.17) is 0 Å². The molecule has 0 bridgehead atoms. The fraction of sp³-hybridized carbons (Fsp3) is 0.579. The number of rotatable bonds is 8. The predicted molar refractivity (Wildman–Crippen MR) is 100.0 cm³/mol. The molecule has 2 amide bonds. The number of carbonyl (C=O) groups is 2. The summed E-state index contributed by atoms with van der Waals surface area (Å²) in [5, 5.41) is 5.81. The minimum Gasteiger partial charge on any atom is -0.351 e. The first-order valence-corrected chi connectivity index (χ1v) is 9.12. The van der Waals surface area contributed by atoms with E-state index in [-0.39, 0.29) is 11.8 Å². The van der Waals surface area contributed by atoms with Crippen molar-refractivity contribution in [3.05, 3.63) is 35.4 Å². The van der Waals surface area contributed by atoms with Crippen molar-refractivity contribution in [2.45, 2.75) is 19.3 Å². The molecule has 1 saturated heterocycles. The first kappa shape index (κ1) is 19.4. The van der Waals surface area contributed by atoms with E-state index in [1.54, 1.807) is 29.2 Å². The fourth-order valence-electron chi connectivity index (χ4n) is 2.99. The van der Waals surface area contributed by atoms with Crippen LogP contribution in [0.3, 0.4) is 0 Å². The van der Waals surface area contributed by atoms with Gasteiger partial charge in [-0.2, -0.15) is 0 Å². The lowest BCUT2D eigenvalue weighted by molar-refractivity contribution is 0.0773. The SMILES string of the molecule is CNCCNC(=O)c1cccc(C(=O)N(C)CCN2CCCCC2)c1. The Bertz CT molecular complexity index is 570. The Morgan fingerprint density at radius 1 is 1.12 bits per heavy atom. The van der Waals surface area contributed by atoms with E-state index in [9.17, 15) is 9.59 Å². The third-order valence-corrected chi connectivity index (χ3v) is 4.58. The molecule has 2 rings (SSSR count). The van der Waals surface area contributed by atoms with Crippen LogP contribution < -0.4 is 10.6 Å². The van der Waals surface area contributed by atoms with Gasteiger partial charge in [-0.25, -0.2) is 0 Å². The number of likely N-dealkylation sites (tertiary alicyclic amines) is 1. The molecule has 1 heterocycles. The second-order valence-corrected chi connectivity index (χ2v) is 6.57. The number of benzene rings is 1. The summed E-state index contributed by atoms with van der Waals surface area (Å²) in [4.78, 5) is 28.9. The number of piperidine rings is 1. The number of nitrogens with zero attached hydrogens (tertiary/aromatic N) is 2. The molecule has 1 aliphatic heterocycles. The Balaban J connectivity index is 1.89. The smallest absolute Gasteiger partial charge is 0.253 e. The first-order valence-electron chi connectivity index (χ1n) is 9.12. The molecule has 1 fully saturated rings. The molecule has 6 nitrogen and oxygen atoms in total. The summed E-state index contributed by atoms with van der Waals surface area (Å²) in [7, 11) is 3.66. The Kier molecular flexibility index (Phi) is 7.88. The molecule has 0 unspecified atom stereocenters. The minimum atomic E-state index is -0.152. The maximum Gasteiger partial charge on any atom is 0.253 e. The molecule has 0 spiro atoms. The van der Waals surface area contributed by atoms with Crippen molar-refractivity contribution < 1.29 is 9.59 Å². The van der Waals surface area contributed by atoms with Gasteiger partial charge < -0.3 is 20.4 Å². The molecular formula is C19H30N4O2. The Labute approximate surface area is 150 Å². The molecule has 6 heteroatoms. The zero-order valence-corrected chi connectivity index (χ0v) is 15.4. The van der Waals surface area contributed by atoms with Crippen molar-refractivity contribution in [3.63, 3.8) is 0 Å². The lowest BCUT2D eigenvalue weighted by Crippen LogP contribution is -2.38. The second-order valence-electron chi connectivity index (χ2n) is 6.57. The minimum absolute atomic E-state index is 0.0399. The molecular weight excluding hydrogens is 316 g/mol. The van der Waals surface area contributed by atoms with Crippen LogP contribution in [0.5, 0.6) is 0 Å². The zero-order valence-electron chi connectivity index (χ0n) is 15.4. The van der Waals surface area contributed by atoms with Gasteiger partial charge in [-0.15, -0.1) is 0 Å². The molecule has 0 aromatic heterocycles. The number of amides is 2. The van der Waals surface area contributed by atoms with Gasteiger partial charge in [-0.05, 0) is 51.2 Å². The Morgan fingerprint density at radius 3 is 2.56 bits per heavy atom. The van der Waals surface area contributed by atoms with Gasteiger partial charge in [-0.1, -0.05) is 12.5 Å². The van der Waals surface area contributed by atoms with E-state index in [0.717, 1.165) is 19.6 Å². The average molecular weight is 346 g/mol. The lowest BCUT2D eigenvalue weighted by atomic mass is 10.1. The maximum absolute atomic E-state index is 12.6. The molecule has 0 saturated carbocycles. The van der Waals surface area contributed by atoms with Gasteiger partial charge >= 0.3 is 0 Å². The highest BCUT2D eigenvalue weighted by Gasteiger charge is 2.16. The molecule has 0 atom stereocenters. The van der Waals surface area contributed by atoms with Gasteiger partial charge in [0.1, 0.15) is 0 Å². The summed E-state index contributed by atoms with van der Waals surface area (Å²) in [5.74, 6) is -0.192. The van der Waals surface area contributed by atoms with Gasteiger partial charge in [0.25, 0.3) is 11.8 Å². The van der Waals surface area contributed by atoms with Crippen molar-refractivity contribution in [2.24, 2.45) is 0 Å². The highest BCUT2D eigenvalue weighted by Crippen LogP contribution is 2.10. The molecule has 2 N–H and O–H groups in total. The van der Waals surface area contributed by atoms with Crippen LogP contribution in [0.2, 0.25) is 0 Å². The Morgan fingerprint density at radius 2 is 1.84 bits per heavy atom. The third kappa shape index (κ3) is 6.14. The quantitative estimate of drug-likeness (QED) is 0.694. The number of hydrogen-bond acceptors (Lipinski definition) is 4. The maximum atomic E-state index is 12.6. The molecule has 1 aromatic rings. The van der Waals surface area contributed by atoms with Gasteiger partial charge in [-0.3, -0.25) is 9.59 Å². The molecule has 1 aromatic carbocycles. The molecule has 25 heavy (non-hydrogen) atoms. The van der Waals surface area contributed by atoms with Crippen LogP contribution >= 0.6 is 0 Å². The van der Waals surface area contributed by atoms with Crippen LogP contribution in [-0.4, -0.2) is 75.0 Å². The first-order chi connectivity index (χ1) is 12.1. The summed E-state index contributed by atoms with van der Waals surface area (Å²) >= 11 is 0. The van der Waals surface area contributed by atoms with E-state index in [0.29, 0.717) is 30.8 Å². The van der Waals surface area contributed by atoms with Gasteiger partial charge in [0.05, 0.1) is 0 Å². The van der Waals surface area contributed by atoms with Gasteiger partial charge in [0.2, 0.25) is 0 Å². The third-order valence-electron chi connectivity index (χ3n) is 4.58. The molecule has 0 radical (unpaired) electrons. The predicted octanol–water partition coefficient (Wildman–Crippen LogP) is 1.19. The normalized spacial score (nSPS) is 15.0. The van der Waals surface area contributed by atoms with Crippen molar-refractivity contribution in [2.75, 3.05) is 53.4 Å². The molecule has 138 valence electrons. The highest BCUT2D eigenvalue weighted by molar-refractivity contribution is 5.99. The van der Waals surface area contributed by atoms with Crippen LogP contribution in [-0.2, 0) is 0 Å². The molecule has 1 aliphatic rings. The fourth-order valence-corrected chi connectivity index (χ4v) is 2.99. The summed E-state index contributed by atoms with van der Waals surface area (Å²) in [5.41, 5.74) is 1.08. The van der Waals surface area contributed by atoms with Crippen molar-refractivity contribution in [1.82, 2.24) is 20.4 Å². The lowest BCUT2D eigenvalue weighted by Gasteiger charge is -2.28. The van der Waals surface area contributed by atoms with E-state index >= 15 is 0 Å². The van der Waals surface area contributed by atoms with Crippen molar-refractivity contribution in [3.8, 4) is 0 Å². The topological polar surface area (TPSA) is 64.7 Å².